The van der Waals surface area contributed by atoms with Gasteiger partial charge in [-0.05, 0) is 83.9 Å². The van der Waals surface area contributed by atoms with Crippen LogP contribution in [0, 0.1) is 0 Å². The summed E-state index contributed by atoms with van der Waals surface area (Å²) < 4.78 is 0. The van der Waals surface area contributed by atoms with Crippen LogP contribution in [-0.2, 0) is 0 Å². The van der Waals surface area contributed by atoms with E-state index in [1.54, 1.807) is 0 Å². The Hall–Kier alpha value is -7.23. The van der Waals surface area contributed by atoms with Crippen LogP contribution in [0.3, 0.4) is 0 Å². The minimum Gasteiger partial charge on any atom is -0.208 e. The smallest absolute Gasteiger partial charge is 0.164 e. The summed E-state index contributed by atoms with van der Waals surface area (Å²) in [6, 6.07) is 70.6. The fraction of sp³-hybridized carbons (Fsp3) is 0. The standard InChI is InChI=1S/C51H33N3/c1-3-11-34(12-4-1)39-25-26-42-33-44(28-27-41(42)31-39)50-52-49(38-23-21-37(22-24-38)46-19-9-16-36-15-7-8-18-45(36)46)53-51(54-50)48-20-10-17-43-32-40(29-30-47(43)48)35-13-5-2-6-14-35/h1-33H. The molecule has 0 saturated carbocycles. The maximum Gasteiger partial charge on any atom is 0.164 e. The van der Waals surface area contributed by atoms with E-state index in [0.717, 1.165) is 38.4 Å². The molecule has 10 rings (SSSR count). The minimum atomic E-state index is 0.636. The third-order valence-corrected chi connectivity index (χ3v) is 10.3. The van der Waals surface area contributed by atoms with Crippen molar-refractivity contribution >= 4 is 32.3 Å². The number of hydrogen-bond donors (Lipinski definition) is 0. The lowest BCUT2D eigenvalue weighted by molar-refractivity contribution is 1.08. The highest BCUT2D eigenvalue weighted by Gasteiger charge is 2.16. The zero-order valence-corrected chi connectivity index (χ0v) is 29.4. The van der Waals surface area contributed by atoms with E-state index in [2.05, 4.69) is 188 Å². The summed E-state index contributed by atoms with van der Waals surface area (Å²) in [5.41, 5.74) is 9.96. The number of hydrogen-bond acceptors (Lipinski definition) is 3. The maximum atomic E-state index is 5.18. The van der Waals surface area contributed by atoms with Gasteiger partial charge in [0.15, 0.2) is 17.5 Å². The monoisotopic (exact) mass is 687 g/mol. The number of aromatic nitrogens is 3. The highest BCUT2D eigenvalue weighted by molar-refractivity contribution is 5.99. The number of fused-ring (bicyclic) bond motifs is 3. The molecule has 0 fully saturated rings. The molecule has 0 amide bonds. The Balaban J connectivity index is 1.10. The van der Waals surface area contributed by atoms with Gasteiger partial charge in [-0.2, -0.15) is 0 Å². The molecule has 0 saturated heterocycles. The lowest BCUT2D eigenvalue weighted by atomic mass is 9.97. The first-order chi connectivity index (χ1) is 26.7. The zero-order valence-electron chi connectivity index (χ0n) is 29.4. The van der Waals surface area contributed by atoms with Gasteiger partial charge in [0.25, 0.3) is 0 Å². The molecule has 1 heterocycles. The second-order valence-corrected chi connectivity index (χ2v) is 13.7. The Morgan fingerprint density at radius 2 is 0.685 bits per heavy atom. The number of rotatable bonds is 6. The summed E-state index contributed by atoms with van der Waals surface area (Å²) in [5.74, 6) is 1.92. The van der Waals surface area contributed by atoms with E-state index in [0.29, 0.717) is 17.5 Å². The van der Waals surface area contributed by atoms with Gasteiger partial charge >= 0.3 is 0 Å². The van der Waals surface area contributed by atoms with Gasteiger partial charge in [0.2, 0.25) is 0 Å². The van der Waals surface area contributed by atoms with Crippen LogP contribution >= 0.6 is 0 Å². The van der Waals surface area contributed by atoms with Gasteiger partial charge in [0.05, 0.1) is 0 Å². The Kier molecular flexibility index (Phi) is 7.81. The van der Waals surface area contributed by atoms with E-state index in [1.807, 2.05) is 12.1 Å². The predicted octanol–water partition coefficient (Wildman–Crippen LogP) is 13.3. The van der Waals surface area contributed by atoms with Crippen molar-refractivity contribution in [1.29, 1.82) is 0 Å². The summed E-state index contributed by atoms with van der Waals surface area (Å²) in [5, 5.41) is 6.99. The molecule has 1 aromatic heterocycles. The van der Waals surface area contributed by atoms with Gasteiger partial charge in [-0.3, -0.25) is 0 Å². The van der Waals surface area contributed by atoms with Crippen LogP contribution < -0.4 is 0 Å². The van der Waals surface area contributed by atoms with E-state index in [-0.39, 0.29) is 0 Å². The van der Waals surface area contributed by atoms with E-state index in [9.17, 15) is 0 Å². The fourth-order valence-electron chi connectivity index (χ4n) is 7.51. The van der Waals surface area contributed by atoms with Crippen LogP contribution in [-0.4, -0.2) is 15.0 Å². The van der Waals surface area contributed by atoms with Crippen molar-refractivity contribution in [3.05, 3.63) is 200 Å². The van der Waals surface area contributed by atoms with Gasteiger partial charge in [-0.25, -0.2) is 15.0 Å². The van der Waals surface area contributed by atoms with E-state index < -0.39 is 0 Å². The van der Waals surface area contributed by atoms with Crippen molar-refractivity contribution in [2.45, 2.75) is 0 Å². The van der Waals surface area contributed by atoms with Gasteiger partial charge < -0.3 is 0 Å². The Labute approximate surface area is 313 Å². The Morgan fingerprint density at radius 3 is 1.41 bits per heavy atom. The molecule has 0 aliphatic heterocycles. The van der Waals surface area contributed by atoms with Crippen LogP contribution in [0.4, 0.5) is 0 Å². The molecule has 9 aromatic carbocycles. The van der Waals surface area contributed by atoms with Gasteiger partial charge in [0, 0.05) is 16.7 Å². The molecule has 0 unspecified atom stereocenters. The molecule has 54 heavy (non-hydrogen) atoms. The van der Waals surface area contributed by atoms with E-state index in [4.69, 9.17) is 15.0 Å². The molecule has 0 bridgehead atoms. The minimum absolute atomic E-state index is 0.636. The molecule has 3 heteroatoms. The van der Waals surface area contributed by atoms with E-state index >= 15 is 0 Å². The number of benzene rings is 9. The molecule has 252 valence electrons. The first-order valence-electron chi connectivity index (χ1n) is 18.3. The fourth-order valence-corrected chi connectivity index (χ4v) is 7.51. The zero-order chi connectivity index (χ0) is 35.8. The summed E-state index contributed by atoms with van der Waals surface area (Å²) in [4.78, 5) is 15.5. The molecular weight excluding hydrogens is 655 g/mol. The predicted molar refractivity (Wildman–Crippen MR) is 225 cm³/mol. The highest BCUT2D eigenvalue weighted by atomic mass is 15.0. The maximum absolute atomic E-state index is 5.18. The Morgan fingerprint density at radius 1 is 0.222 bits per heavy atom. The lowest BCUT2D eigenvalue weighted by Crippen LogP contribution is -2.00. The summed E-state index contributed by atoms with van der Waals surface area (Å²) >= 11 is 0. The molecular formula is C51H33N3. The van der Waals surface area contributed by atoms with Crippen molar-refractivity contribution in [2.24, 2.45) is 0 Å². The second-order valence-electron chi connectivity index (χ2n) is 13.7. The van der Waals surface area contributed by atoms with Crippen LogP contribution in [0.5, 0.6) is 0 Å². The molecule has 0 radical (unpaired) electrons. The molecule has 0 spiro atoms. The first-order valence-corrected chi connectivity index (χ1v) is 18.3. The van der Waals surface area contributed by atoms with Crippen molar-refractivity contribution in [1.82, 2.24) is 15.0 Å². The van der Waals surface area contributed by atoms with Crippen molar-refractivity contribution in [3.8, 4) is 67.5 Å². The summed E-state index contributed by atoms with van der Waals surface area (Å²) in [6.45, 7) is 0. The molecule has 10 aromatic rings. The van der Waals surface area contributed by atoms with E-state index in [1.165, 1.54) is 44.0 Å². The quantitative estimate of drug-likeness (QED) is 0.175. The SMILES string of the molecule is c1ccc(-c2ccc3cc(-c4nc(-c5ccc(-c6cccc7ccccc67)cc5)nc(-c5cccc6cc(-c7ccccc7)ccc56)n4)ccc3c2)cc1. The lowest BCUT2D eigenvalue weighted by Gasteiger charge is -2.12. The topological polar surface area (TPSA) is 38.7 Å². The van der Waals surface area contributed by atoms with Crippen LogP contribution in [0.1, 0.15) is 0 Å². The van der Waals surface area contributed by atoms with Crippen molar-refractivity contribution < 1.29 is 0 Å². The summed E-state index contributed by atoms with van der Waals surface area (Å²) in [6.07, 6.45) is 0. The largest absolute Gasteiger partial charge is 0.208 e. The van der Waals surface area contributed by atoms with Gasteiger partial charge in [-0.15, -0.1) is 0 Å². The molecule has 0 atom stereocenters. The van der Waals surface area contributed by atoms with Crippen LogP contribution in [0.15, 0.2) is 200 Å². The van der Waals surface area contributed by atoms with Gasteiger partial charge in [0.1, 0.15) is 0 Å². The molecule has 3 nitrogen and oxygen atoms in total. The van der Waals surface area contributed by atoms with Gasteiger partial charge in [-0.1, -0.05) is 182 Å². The van der Waals surface area contributed by atoms with Crippen molar-refractivity contribution in [2.75, 3.05) is 0 Å². The van der Waals surface area contributed by atoms with Crippen LogP contribution in [0.25, 0.3) is 99.9 Å². The van der Waals surface area contributed by atoms with Crippen LogP contribution in [0.2, 0.25) is 0 Å². The van der Waals surface area contributed by atoms with Crippen molar-refractivity contribution in [3.63, 3.8) is 0 Å². The highest BCUT2D eigenvalue weighted by Crippen LogP contribution is 2.35. The number of nitrogens with zero attached hydrogens (tertiary/aromatic N) is 3. The average molecular weight is 688 g/mol. The molecule has 0 aliphatic rings. The second kappa shape index (κ2) is 13.4. The summed E-state index contributed by atoms with van der Waals surface area (Å²) in [7, 11) is 0. The molecule has 0 aliphatic carbocycles. The normalized spacial score (nSPS) is 11.3. The third-order valence-electron chi connectivity index (χ3n) is 10.3. The average Bonchev–Trinajstić information content (AvgIpc) is 3.26. The Bertz CT molecular complexity index is 2970. The first kappa shape index (κ1) is 31.5. The third kappa shape index (κ3) is 5.88. The molecule has 0 N–H and O–H groups in total.